The number of methoxy groups -OCH3 is 1. The third-order valence-electron chi connectivity index (χ3n) is 13.5. The van der Waals surface area contributed by atoms with Crippen LogP contribution in [0.4, 0.5) is 33.6 Å². The zero-order chi connectivity index (χ0) is 55.6. The summed E-state index contributed by atoms with van der Waals surface area (Å²) in [6.45, 7) is 13.0. The maximum Gasteiger partial charge on any atom is 0.412 e. The van der Waals surface area contributed by atoms with Crippen molar-refractivity contribution >= 4 is 52.5 Å². The predicted molar refractivity (Wildman–Crippen MR) is 309 cm³/mol. The molecule has 0 saturated carbocycles. The molecule has 10 rings (SSSR count). The number of nitrogen functional groups attached to an aromatic ring is 1. The van der Waals surface area contributed by atoms with Crippen LogP contribution < -0.4 is 31.1 Å². The third-order valence-corrected chi connectivity index (χ3v) is 13.5. The molecule has 0 radical (unpaired) electrons. The van der Waals surface area contributed by atoms with Crippen molar-refractivity contribution in [2.24, 2.45) is 0 Å². The number of carbonyl (C=O) groups is 4. The van der Waals surface area contributed by atoms with Crippen molar-refractivity contribution in [3.63, 3.8) is 0 Å². The minimum atomic E-state index is -0.629. The number of nitrogens with two attached hydrogens (primary N) is 1. The highest BCUT2D eigenvalue weighted by Gasteiger charge is 2.22. The highest BCUT2D eigenvalue weighted by atomic mass is 16.6. The van der Waals surface area contributed by atoms with E-state index in [9.17, 15) is 19.2 Å². The van der Waals surface area contributed by atoms with Gasteiger partial charge in [0.05, 0.1) is 44.3 Å². The van der Waals surface area contributed by atoms with Crippen molar-refractivity contribution in [3.8, 4) is 22.3 Å². The molecule has 6 heterocycles. The van der Waals surface area contributed by atoms with Gasteiger partial charge in [0.25, 0.3) is 0 Å². The van der Waals surface area contributed by atoms with Crippen LogP contribution in [0.15, 0.2) is 134 Å². The van der Waals surface area contributed by atoms with E-state index in [1.54, 1.807) is 37.1 Å². The molecule has 0 spiro atoms. The lowest BCUT2D eigenvalue weighted by Gasteiger charge is -2.27. The van der Waals surface area contributed by atoms with Crippen LogP contribution in [0.1, 0.15) is 102 Å². The lowest BCUT2D eigenvalue weighted by atomic mass is 9.98. The first-order chi connectivity index (χ1) is 38.3. The Morgan fingerprint density at radius 1 is 0.532 bits per heavy atom. The van der Waals surface area contributed by atoms with Crippen molar-refractivity contribution in [1.29, 1.82) is 0 Å². The summed E-state index contributed by atoms with van der Waals surface area (Å²) in [5.74, 6) is 1.75. The smallest absolute Gasteiger partial charge is 0.412 e. The number of nitrogens with one attached hydrogen (secondary N) is 2. The van der Waals surface area contributed by atoms with E-state index in [0.717, 1.165) is 110 Å². The van der Waals surface area contributed by atoms with Gasteiger partial charge in [-0.05, 0) is 117 Å². The molecule has 0 aliphatic carbocycles. The number of esters is 1. The minimum Gasteiger partial charge on any atom is -0.464 e. The molecule has 7 aromatic rings. The summed E-state index contributed by atoms with van der Waals surface area (Å²) in [7, 11) is 1.34. The standard InChI is InChI=1S/C28H32N4O3.C22H23N5O.C11H15N3O2/c1-28(2,3)35-27(34)31-23-13-12-21(20-10-6-4-7-11-20)16-22(23)17-25(33)24-18-30-26(19-29-24)32-14-8-5-9-15-32;23-19-7-6-17(16-4-2-1-3-5-16)12-18(19)13-21(28)20-14-26-22(15-25-20)27-10-8-24-9-11-27;1-16-11(15)9-7-13-10(8-12-9)14-5-3-2-4-6-14/h4,6-7,10-13,16,18-19H,5,8-9,14-15,17H2,1-3H3,(H,31,34);1-7,12,14-15,24H,8-11,13,23H2;7-8H,2-6H2,1H3. The fourth-order valence-electron chi connectivity index (χ4n) is 9.27. The van der Waals surface area contributed by atoms with Crippen LogP contribution in [-0.4, -0.2) is 119 Å². The van der Waals surface area contributed by atoms with Gasteiger partial charge in [-0.15, -0.1) is 0 Å². The van der Waals surface area contributed by atoms with Gasteiger partial charge in [-0.25, -0.2) is 39.5 Å². The Morgan fingerprint density at radius 3 is 1.43 bits per heavy atom. The van der Waals surface area contributed by atoms with E-state index in [-0.39, 0.29) is 30.1 Å². The number of piperidine rings is 2. The topological polar surface area (TPSA) is 224 Å². The lowest BCUT2D eigenvalue weighted by molar-refractivity contribution is 0.0591. The van der Waals surface area contributed by atoms with Gasteiger partial charge >= 0.3 is 12.1 Å². The number of amides is 1. The number of carbonyl (C=O) groups excluding carboxylic acids is 4. The average Bonchev–Trinajstić information content (AvgIpc) is 3.50. The molecule has 410 valence electrons. The van der Waals surface area contributed by atoms with E-state index in [1.807, 2.05) is 112 Å². The number of aromatic nitrogens is 6. The van der Waals surface area contributed by atoms with Crippen molar-refractivity contribution < 1.29 is 28.7 Å². The second-order valence-corrected chi connectivity index (χ2v) is 20.4. The predicted octanol–water partition coefficient (Wildman–Crippen LogP) is 9.72. The van der Waals surface area contributed by atoms with Crippen LogP contribution in [0, 0.1) is 0 Å². The van der Waals surface area contributed by atoms with Crippen LogP contribution in [0.2, 0.25) is 0 Å². The van der Waals surface area contributed by atoms with Crippen molar-refractivity contribution in [2.75, 3.05) is 85.2 Å². The van der Waals surface area contributed by atoms with Gasteiger partial charge in [-0.1, -0.05) is 72.8 Å². The number of hydrogen-bond donors (Lipinski definition) is 3. The van der Waals surface area contributed by atoms with Crippen LogP contribution in [0.25, 0.3) is 22.3 Å². The van der Waals surface area contributed by atoms with Crippen LogP contribution in [-0.2, 0) is 22.3 Å². The van der Waals surface area contributed by atoms with Crippen LogP contribution in [0.3, 0.4) is 0 Å². The fourth-order valence-corrected chi connectivity index (χ4v) is 9.27. The molecule has 0 bridgehead atoms. The highest BCUT2D eigenvalue weighted by Crippen LogP contribution is 2.29. The summed E-state index contributed by atoms with van der Waals surface area (Å²) in [6, 6.07) is 31.4. The van der Waals surface area contributed by atoms with Gasteiger partial charge in [-0.2, -0.15) is 0 Å². The molecule has 0 atom stereocenters. The Kier molecular flexibility index (Phi) is 19.8. The number of ether oxygens (including phenoxy) is 2. The largest absolute Gasteiger partial charge is 0.464 e. The van der Waals surface area contributed by atoms with Gasteiger partial charge in [0.15, 0.2) is 17.3 Å². The van der Waals surface area contributed by atoms with Gasteiger partial charge in [-0.3, -0.25) is 14.9 Å². The molecule has 4 aromatic carbocycles. The number of rotatable bonds is 13. The highest BCUT2D eigenvalue weighted by molar-refractivity contribution is 5.98. The number of Topliss-reactive ketones (excluding diaryl/α,β-unsaturated/α-hetero) is 2. The van der Waals surface area contributed by atoms with Crippen molar-refractivity contribution in [3.05, 3.63) is 162 Å². The Morgan fingerprint density at radius 2 is 0.975 bits per heavy atom. The Bertz CT molecular complexity index is 3100. The van der Waals surface area contributed by atoms with Crippen molar-refractivity contribution in [1.82, 2.24) is 35.2 Å². The quantitative estimate of drug-likeness (QED) is 0.0555. The second kappa shape index (κ2) is 27.6. The summed E-state index contributed by atoms with van der Waals surface area (Å²) in [6.07, 6.45) is 16.5. The first kappa shape index (κ1) is 56.6. The summed E-state index contributed by atoms with van der Waals surface area (Å²) in [4.78, 5) is 82.0. The zero-order valence-corrected chi connectivity index (χ0v) is 45.6. The zero-order valence-electron chi connectivity index (χ0n) is 45.6. The Hall–Kier alpha value is -8.64. The SMILES string of the molecule is CC(C)(C)OC(=O)Nc1ccc(-c2ccccc2)cc1CC(=O)c1cnc(N2CCCCC2)cn1.COC(=O)c1cnc(N2CCCCC2)cn1.Nc1ccc(-c2ccccc2)cc1CC(=O)c1cnc(N2CCNCC2)cn1. The molecule has 3 aliphatic rings. The molecule has 79 heavy (non-hydrogen) atoms. The van der Waals surface area contributed by atoms with E-state index in [2.05, 4.69) is 60.0 Å². The molecule has 18 nitrogen and oxygen atoms in total. The minimum absolute atomic E-state index is 0.0730. The van der Waals surface area contributed by atoms with E-state index >= 15 is 0 Å². The molecule has 0 unspecified atom stereocenters. The molecule has 1 amide bonds. The van der Waals surface area contributed by atoms with Crippen LogP contribution in [0.5, 0.6) is 0 Å². The van der Waals surface area contributed by atoms with Crippen LogP contribution >= 0.6 is 0 Å². The van der Waals surface area contributed by atoms with E-state index in [0.29, 0.717) is 28.3 Å². The molecule has 3 fully saturated rings. The van der Waals surface area contributed by atoms with Gasteiger partial charge in [0.1, 0.15) is 34.4 Å². The van der Waals surface area contributed by atoms with E-state index in [1.165, 1.54) is 39.0 Å². The average molecular weight is 1070 g/mol. The molecule has 18 heteroatoms. The number of hydrogen-bond acceptors (Lipinski definition) is 17. The molecule has 4 N–H and O–H groups in total. The third kappa shape index (κ3) is 16.4. The summed E-state index contributed by atoms with van der Waals surface area (Å²) in [5.41, 5.74) is 13.1. The maximum atomic E-state index is 13.2. The normalized spacial score (nSPS) is 14.4. The fraction of sp³-hybridized carbons (Fsp3) is 0.344. The number of anilines is 5. The second-order valence-electron chi connectivity index (χ2n) is 20.4. The van der Waals surface area contributed by atoms with Crippen molar-refractivity contribution in [2.45, 2.75) is 77.7 Å². The Balaban J connectivity index is 0.000000166. The number of piperazine rings is 1. The summed E-state index contributed by atoms with van der Waals surface area (Å²) >= 11 is 0. The van der Waals surface area contributed by atoms with Gasteiger partial charge in [0, 0.05) is 76.6 Å². The number of benzene rings is 4. The van der Waals surface area contributed by atoms with Gasteiger partial charge in [0.2, 0.25) is 0 Å². The molecule has 3 aliphatic heterocycles. The lowest BCUT2D eigenvalue weighted by Crippen LogP contribution is -2.43. The maximum absolute atomic E-state index is 13.2. The summed E-state index contributed by atoms with van der Waals surface area (Å²) < 4.78 is 9.98. The summed E-state index contributed by atoms with van der Waals surface area (Å²) in [5, 5.41) is 6.11. The molecule has 3 aromatic heterocycles. The Labute approximate surface area is 462 Å². The monoisotopic (exact) mass is 1070 g/mol. The van der Waals surface area contributed by atoms with Gasteiger partial charge < -0.3 is 35.2 Å². The number of nitrogens with zero attached hydrogens (tertiary/aromatic N) is 9. The van der Waals surface area contributed by atoms with E-state index in [4.69, 9.17) is 10.5 Å². The van der Waals surface area contributed by atoms with E-state index < -0.39 is 17.7 Å². The number of ketones is 2. The molecule has 3 saturated heterocycles. The molecular formula is C61H70N12O6. The first-order valence-corrected chi connectivity index (χ1v) is 27.0. The first-order valence-electron chi connectivity index (χ1n) is 27.0. The molecular weight excluding hydrogens is 997 g/mol.